The van der Waals surface area contributed by atoms with E-state index in [2.05, 4.69) is 10.0 Å². The van der Waals surface area contributed by atoms with Crippen molar-refractivity contribution in [3.63, 3.8) is 0 Å². The fourth-order valence-corrected chi connectivity index (χ4v) is 4.55. The Morgan fingerprint density at radius 2 is 1.81 bits per heavy atom. The molecular formula is C20H26N2O4S. The van der Waals surface area contributed by atoms with Crippen molar-refractivity contribution >= 4 is 21.4 Å². The van der Waals surface area contributed by atoms with Crippen LogP contribution in [0.1, 0.15) is 24.0 Å². The van der Waals surface area contributed by atoms with Gasteiger partial charge in [0.15, 0.2) is 0 Å². The van der Waals surface area contributed by atoms with Crippen molar-refractivity contribution in [2.45, 2.75) is 37.7 Å². The fourth-order valence-electron chi connectivity index (χ4n) is 3.18. The summed E-state index contributed by atoms with van der Waals surface area (Å²) in [5.41, 5.74) is 2.87. The van der Waals surface area contributed by atoms with Gasteiger partial charge in [-0.1, -0.05) is 0 Å². The molecule has 0 aliphatic carbocycles. The highest BCUT2D eigenvalue weighted by atomic mass is 32.2. The lowest BCUT2D eigenvalue weighted by atomic mass is 10.1. The van der Waals surface area contributed by atoms with E-state index in [-0.39, 0.29) is 11.0 Å². The van der Waals surface area contributed by atoms with Crippen molar-refractivity contribution in [3.05, 3.63) is 47.5 Å². The molecule has 2 aromatic carbocycles. The number of nitrogens with one attached hydrogen (secondary N) is 2. The van der Waals surface area contributed by atoms with E-state index in [1.165, 1.54) is 0 Å². The lowest BCUT2D eigenvalue weighted by molar-refractivity contribution is 0.120. The second kappa shape index (κ2) is 8.19. The second-order valence-corrected chi connectivity index (χ2v) is 8.44. The van der Waals surface area contributed by atoms with Gasteiger partial charge in [-0.3, -0.25) is 4.72 Å². The summed E-state index contributed by atoms with van der Waals surface area (Å²) in [6.07, 6.45) is 2.44. The normalized spacial score (nSPS) is 16.9. The van der Waals surface area contributed by atoms with Crippen molar-refractivity contribution in [1.29, 1.82) is 0 Å². The highest BCUT2D eigenvalue weighted by Crippen LogP contribution is 2.27. The van der Waals surface area contributed by atoms with Crippen LogP contribution in [0.4, 0.5) is 11.4 Å². The Labute approximate surface area is 160 Å². The standard InChI is InChI=1S/C20H26N2O4S/c1-14-12-20(15(2)11-19(14)25-3)27(23,24)22-17-8-6-16(7-9-17)21-13-18-5-4-10-26-18/h6-9,11-12,18,21-22H,4-5,10,13H2,1-3H3. The van der Waals surface area contributed by atoms with Crippen molar-refractivity contribution in [1.82, 2.24) is 0 Å². The average molecular weight is 391 g/mol. The summed E-state index contributed by atoms with van der Waals surface area (Å²) in [5.74, 6) is 0.674. The monoisotopic (exact) mass is 390 g/mol. The first kappa shape index (κ1) is 19.5. The molecule has 146 valence electrons. The molecule has 3 rings (SSSR count). The van der Waals surface area contributed by atoms with E-state index in [4.69, 9.17) is 9.47 Å². The first-order valence-corrected chi connectivity index (χ1v) is 10.5. The minimum absolute atomic E-state index is 0.251. The van der Waals surface area contributed by atoms with Crippen LogP contribution in [-0.2, 0) is 14.8 Å². The first-order chi connectivity index (χ1) is 12.9. The molecule has 1 aliphatic rings. The minimum atomic E-state index is -3.68. The fraction of sp³-hybridized carbons (Fsp3) is 0.400. The molecule has 0 saturated carbocycles. The van der Waals surface area contributed by atoms with Gasteiger partial charge in [0.1, 0.15) is 5.75 Å². The largest absolute Gasteiger partial charge is 0.496 e. The molecule has 0 radical (unpaired) electrons. The Kier molecular flexibility index (Phi) is 5.92. The summed E-state index contributed by atoms with van der Waals surface area (Å²) < 4.78 is 39.0. The number of benzene rings is 2. The van der Waals surface area contributed by atoms with Crippen LogP contribution in [0.2, 0.25) is 0 Å². The molecular weight excluding hydrogens is 364 g/mol. The van der Waals surface area contributed by atoms with Gasteiger partial charge in [0, 0.05) is 24.5 Å². The number of aryl methyl sites for hydroxylation is 2. The highest BCUT2D eigenvalue weighted by molar-refractivity contribution is 7.92. The lowest BCUT2D eigenvalue weighted by Gasteiger charge is -2.14. The molecule has 0 bridgehead atoms. The van der Waals surface area contributed by atoms with Crippen LogP contribution >= 0.6 is 0 Å². The zero-order valence-electron chi connectivity index (χ0n) is 15.9. The van der Waals surface area contributed by atoms with Gasteiger partial charge in [0.2, 0.25) is 0 Å². The van der Waals surface area contributed by atoms with Gasteiger partial charge in [-0.15, -0.1) is 0 Å². The molecule has 1 aliphatic heterocycles. The summed E-state index contributed by atoms with van der Waals surface area (Å²) in [4.78, 5) is 0.251. The van der Waals surface area contributed by atoms with Gasteiger partial charge >= 0.3 is 0 Å². The summed E-state index contributed by atoms with van der Waals surface area (Å²) in [5, 5.41) is 3.32. The third-order valence-corrected chi connectivity index (χ3v) is 6.20. The van der Waals surface area contributed by atoms with E-state index >= 15 is 0 Å². The molecule has 7 heteroatoms. The summed E-state index contributed by atoms with van der Waals surface area (Å²) in [6.45, 7) is 5.17. The maximum Gasteiger partial charge on any atom is 0.262 e. The summed E-state index contributed by atoms with van der Waals surface area (Å²) in [7, 11) is -2.10. The Balaban J connectivity index is 1.69. The Morgan fingerprint density at radius 3 is 2.44 bits per heavy atom. The predicted octanol–water partition coefficient (Wildman–Crippen LogP) is 3.70. The van der Waals surface area contributed by atoms with Gasteiger partial charge in [-0.05, 0) is 74.2 Å². The number of ether oxygens (including phenoxy) is 2. The average Bonchev–Trinajstić information content (AvgIpc) is 3.16. The van der Waals surface area contributed by atoms with Crippen LogP contribution in [0.15, 0.2) is 41.3 Å². The molecule has 0 spiro atoms. The van der Waals surface area contributed by atoms with E-state index in [0.717, 1.165) is 37.2 Å². The van der Waals surface area contributed by atoms with E-state index in [1.807, 2.05) is 19.1 Å². The molecule has 2 aromatic rings. The summed E-state index contributed by atoms with van der Waals surface area (Å²) >= 11 is 0. The summed E-state index contributed by atoms with van der Waals surface area (Å²) in [6, 6.07) is 10.6. The maximum atomic E-state index is 12.8. The molecule has 2 N–H and O–H groups in total. The molecule has 1 heterocycles. The van der Waals surface area contributed by atoms with E-state index < -0.39 is 10.0 Å². The van der Waals surface area contributed by atoms with Gasteiger partial charge in [-0.25, -0.2) is 8.42 Å². The third-order valence-electron chi connectivity index (χ3n) is 4.68. The number of anilines is 2. The number of rotatable bonds is 7. The molecule has 1 fully saturated rings. The molecule has 1 unspecified atom stereocenters. The molecule has 0 amide bonds. The molecule has 0 aromatic heterocycles. The van der Waals surface area contributed by atoms with Gasteiger partial charge in [0.25, 0.3) is 10.0 Å². The first-order valence-electron chi connectivity index (χ1n) is 9.02. The third kappa shape index (κ3) is 4.73. The SMILES string of the molecule is COc1cc(C)c(S(=O)(=O)Nc2ccc(NCC3CCCO3)cc2)cc1C. The van der Waals surface area contributed by atoms with Gasteiger partial charge in [-0.2, -0.15) is 0 Å². The van der Waals surface area contributed by atoms with Crippen molar-refractivity contribution < 1.29 is 17.9 Å². The molecule has 1 atom stereocenters. The second-order valence-electron chi connectivity index (χ2n) is 6.79. The predicted molar refractivity (Wildman–Crippen MR) is 107 cm³/mol. The van der Waals surface area contributed by atoms with Gasteiger partial charge in [0.05, 0.1) is 18.1 Å². The zero-order chi connectivity index (χ0) is 19.4. The lowest BCUT2D eigenvalue weighted by Crippen LogP contribution is -2.18. The Morgan fingerprint density at radius 1 is 1.11 bits per heavy atom. The van der Waals surface area contributed by atoms with Crippen LogP contribution in [0.5, 0.6) is 5.75 Å². The van der Waals surface area contributed by atoms with Crippen LogP contribution < -0.4 is 14.8 Å². The Hall–Kier alpha value is -2.25. The van der Waals surface area contributed by atoms with Crippen LogP contribution in [-0.4, -0.2) is 34.8 Å². The van der Waals surface area contributed by atoms with Crippen LogP contribution in [0.25, 0.3) is 0 Å². The number of methoxy groups -OCH3 is 1. The van der Waals surface area contributed by atoms with Gasteiger partial charge < -0.3 is 14.8 Å². The zero-order valence-corrected chi connectivity index (χ0v) is 16.7. The molecule has 27 heavy (non-hydrogen) atoms. The minimum Gasteiger partial charge on any atom is -0.496 e. The number of hydrogen-bond donors (Lipinski definition) is 2. The van der Waals surface area contributed by atoms with Crippen molar-refractivity contribution in [3.8, 4) is 5.75 Å². The van der Waals surface area contributed by atoms with E-state index in [0.29, 0.717) is 17.0 Å². The van der Waals surface area contributed by atoms with E-state index in [9.17, 15) is 8.42 Å². The van der Waals surface area contributed by atoms with Crippen LogP contribution in [0, 0.1) is 13.8 Å². The number of sulfonamides is 1. The van der Waals surface area contributed by atoms with Crippen LogP contribution in [0.3, 0.4) is 0 Å². The maximum absolute atomic E-state index is 12.8. The van der Waals surface area contributed by atoms with Crippen molar-refractivity contribution in [2.75, 3.05) is 30.3 Å². The molecule has 6 nitrogen and oxygen atoms in total. The molecule has 1 saturated heterocycles. The highest BCUT2D eigenvalue weighted by Gasteiger charge is 2.19. The Bertz CT molecular complexity index is 889. The topological polar surface area (TPSA) is 76.7 Å². The number of hydrogen-bond acceptors (Lipinski definition) is 5. The smallest absolute Gasteiger partial charge is 0.262 e. The quantitative estimate of drug-likeness (QED) is 0.754. The van der Waals surface area contributed by atoms with Crippen molar-refractivity contribution in [2.24, 2.45) is 0 Å². The van der Waals surface area contributed by atoms with E-state index in [1.54, 1.807) is 38.3 Å².